The monoisotopic (exact) mass is 226 g/mol. The van der Waals surface area contributed by atoms with E-state index >= 15 is 0 Å². The summed E-state index contributed by atoms with van der Waals surface area (Å²) in [6, 6.07) is 5.85. The summed E-state index contributed by atoms with van der Waals surface area (Å²) >= 11 is 0. The molecule has 0 aliphatic rings. The molecule has 0 radical (unpaired) electrons. The van der Waals surface area contributed by atoms with Gasteiger partial charge in [-0.1, -0.05) is 13.0 Å². The lowest BCUT2D eigenvalue weighted by atomic mass is 10.3. The lowest BCUT2D eigenvalue weighted by molar-refractivity contribution is 0.662. The normalized spacial score (nSPS) is 14.8. The van der Waals surface area contributed by atoms with E-state index in [0.29, 0.717) is 11.5 Å². The second kappa shape index (κ2) is 6.69. The number of hydrogen-bond acceptors (Lipinski definition) is 3. The Bertz CT molecular complexity index is 303. The molecule has 1 aromatic rings. The molecule has 0 aliphatic heterocycles. The summed E-state index contributed by atoms with van der Waals surface area (Å²) in [5.74, 6) is 1.26. The standard InChI is InChI=1S/C11H18N2OS/c1-2-10(12)9-15(14)8-6-11-5-3-4-7-13-11/h3-5,7,10H,2,6,8-9,12H2,1H3. The molecule has 0 saturated carbocycles. The van der Waals surface area contributed by atoms with E-state index in [0.717, 1.165) is 18.5 Å². The summed E-state index contributed by atoms with van der Waals surface area (Å²) in [5.41, 5.74) is 6.73. The van der Waals surface area contributed by atoms with E-state index in [9.17, 15) is 4.21 Å². The number of pyridine rings is 1. The van der Waals surface area contributed by atoms with E-state index in [1.807, 2.05) is 25.1 Å². The summed E-state index contributed by atoms with van der Waals surface area (Å²) in [5, 5.41) is 0. The lowest BCUT2D eigenvalue weighted by Gasteiger charge is -2.07. The van der Waals surface area contributed by atoms with Crippen molar-refractivity contribution in [3.63, 3.8) is 0 Å². The third kappa shape index (κ3) is 5.04. The number of nitrogens with two attached hydrogens (primary N) is 1. The van der Waals surface area contributed by atoms with Crippen molar-refractivity contribution in [1.82, 2.24) is 4.98 Å². The third-order valence-corrected chi connectivity index (χ3v) is 3.70. The van der Waals surface area contributed by atoms with Crippen molar-refractivity contribution >= 4 is 10.8 Å². The van der Waals surface area contributed by atoms with Gasteiger partial charge in [0, 0.05) is 46.7 Å². The van der Waals surface area contributed by atoms with Gasteiger partial charge in [0.2, 0.25) is 0 Å². The fraction of sp³-hybridized carbons (Fsp3) is 0.545. The first-order chi connectivity index (χ1) is 7.22. The van der Waals surface area contributed by atoms with Crippen LogP contribution in [0.15, 0.2) is 24.4 Å². The van der Waals surface area contributed by atoms with Gasteiger partial charge in [-0.15, -0.1) is 0 Å². The fourth-order valence-electron chi connectivity index (χ4n) is 1.20. The molecule has 0 spiro atoms. The minimum Gasteiger partial charge on any atom is -0.327 e. The first-order valence-corrected chi connectivity index (χ1v) is 6.71. The molecule has 2 atom stereocenters. The molecule has 0 bridgehead atoms. The second-order valence-electron chi connectivity index (χ2n) is 3.55. The number of rotatable bonds is 6. The van der Waals surface area contributed by atoms with Crippen LogP contribution in [0.2, 0.25) is 0 Å². The highest BCUT2D eigenvalue weighted by Gasteiger charge is 2.06. The minimum absolute atomic E-state index is 0.0644. The lowest BCUT2D eigenvalue weighted by Crippen LogP contribution is -2.27. The zero-order valence-electron chi connectivity index (χ0n) is 9.06. The molecule has 0 amide bonds. The van der Waals surface area contributed by atoms with Gasteiger partial charge in [0.1, 0.15) is 0 Å². The molecule has 2 unspecified atom stereocenters. The zero-order chi connectivity index (χ0) is 11.1. The van der Waals surface area contributed by atoms with Gasteiger partial charge in [-0.05, 0) is 18.6 Å². The average Bonchev–Trinajstić information content (AvgIpc) is 2.27. The molecule has 15 heavy (non-hydrogen) atoms. The van der Waals surface area contributed by atoms with Gasteiger partial charge in [0.15, 0.2) is 0 Å². The predicted octanol–water partition coefficient (Wildman–Crippen LogP) is 1.11. The van der Waals surface area contributed by atoms with Crippen LogP contribution >= 0.6 is 0 Å². The molecule has 2 N–H and O–H groups in total. The Balaban J connectivity index is 2.29. The average molecular weight is 226 g/mol. The van der Waals surface area contributed by atoms with Gasteiger partial charge in [-0.25, -0.2) is 0 Å². The number of nitrogens with zero attached hydrogens (tertiary/aromatic N) is 1. The largest absolute Gasteiger partial charge is 0.327 e. The van der Waals surface area contributed by atoms with E-state index in [1.165, 1.54) is 0 Å². The van der Waals surface area contributed by atoms with Gasteiger partial charge in [0.05, 0.1) is 0 Å². The predicted molar refractivity (Wildman–Crippen MR) is 64.1 cm³/mol. The molecule has 0 aliphatic carbocycles. The number of hydrogen-bond donors (Lipinski definition) is 1. The van der Waals surface area contributed by atoms with Gasteiger partial charge in [0.25, 0.3) is 0 Å². The van der Waals surface area contributed by atoms with E-state index < -0.39 is 10.8 Å². The van der Waals surface area contributed by atoms with Crippen molar-refractivity contribution in [3.05, 3.63) is 30.1 Å². The van der Waals surface area contributed by atoms with E-state index in [1.54, 1.807) is 6.20 Å². The van der Waals surface area contributed by atoms with Crippen LogP contribution in [0.25, 0.3) is 0 Å². The number of aromatic nitrogens is 1. The van der Waals surface area contributed by atoms with Crippen LogP contribution < -0.4 is 5.73 Å². The summed E-state index contributed by atoms with van der Waals surface area (Å²) in [6.45, 7) is 2.01. The quantitative estimate of drug-likeness (QED) is 0.790. The molecule has 1 aromatic heterocycles. The van der Waals surface area contributed by atoms with Crippen LogP contribution in [-0.2, 0) is 17.2 Å². The molecule has 0 fully saturated rings. The highest BCUT2D eigenvalue weighted by molar-refractivity contribution is 7.85. The Morgan fingerprint density at radius 1 is 1.53 bits per heavy atom. The highest BCUT2D eigenvalue weighted by atomic mass is 32.2. The Hall–Kier alpha value is -0.740. The maximum absolute atomic E-state index is 11.6. The van der Waals surface area contributed by atoms with Crippen LogP contribution in [0.5, 0.6) is 0 Å². The van der Waals surface area contributed by atoms with Gasteiger partial charge < -0.3 is 5.73 Å². The van der Waals surface area contributed by atoms with Crippen LogP contribution in [0.3, 0.4) is 0 Å². The molecule has 1 heterocycles. The Morgan fingerprint density at radius 3 is 2.93 bits per heavy atom. The summed E-state index contributed by atoms with van der Waals surface area (Å²) in [4.78, 5) is 4.18. The van der Waals surface area contributed by atoms with Crippen LogP contribution in [0.1, 0.15) is 19.0 Å². The molecular formula is C11H18N2OS. The molecule has 1 rings (SSSR count). The Morgan fingerprint density at radius 2 is 2.33 bits per heavy atom. The fourth-order valence-corrected chi connectivity index (χ4v) is 2.52. The molecular weight excluding hydrogens is 208 g/mol. The highest BCUT2D eigenvalue weighted by Crippen LogP contribution is 1.98. The van der Waals surface area contributed by atoms with Crippen molar-refractivity contribution in [3.8, 4) is 0 Å². The van der Waals surface area contributed by atoms with Crippen LogP contribution in [0.4, 0.5) is 0 Å². The first kappa shape index (κ1) is 12.3. The van der Waals surface area contributed by atoms with Crippen LogP contribution in [0, 0.1) is 0 Å². The topological polar surface area (TPSA) is 56.0 Å². The molecule has 0 aromatic carbocycles. The minimum atomic E-state index is -0.815. The second-order valence-corrected chi connectivity index (χ2v) is 5.17. The summed E-state index contributed by atoms with van der Waals surface area (Å²) in [6.07, 6.45) is 3.41. The molecule has 84 valence electrons. The van der Waals surface area contributed by atoms with E-state index in [2.05, 4.69) is 4.98 Å². The maximum atomic E-state index is 11.6. The molecule has 0 saturated heterocycles. The number of aryl methyl sites for hydroxylation is 1. The van der Waals surface area contributed by atoms with Crippen molar-refractivity contribution in [1.29, 1.82) is 0 Å². The first-order valence-electron chi connectivity index (χ1n) is 5.22. The molecule has 3 nitrogen and oxygen atoms in total. The maximum Gasteiger partial charge on any atom is 0.0412 e. The zero-order valence-corrected chi connectivity index (χ0v) is 9.87. The smallest absolute Gasteiger partial charge is 0.0412 e. The summed E-state index contributed by atoms with van der Waals surface area (Å²) in [7, 11) is -0.815. The van der Waals surface area contributed by atoms with Crippen molar-refractivity contribution in [2.45, 2.75) is 25.8 Å². The van der Waals surface area contributed by atoms with Gasteiger partial charge in [-0.3, -0.25) is 9.19 Å². The van der Waals surface area contributed by atoms with E-state index in [4.69, 9.17) is 5.73 Å². The summed E-state index contributed by atoms with van der Waals surface area (Å²) < 4.78 is 11.6. The van der Waals surface area contributed by atoms with Crippen LogP contribution in [-0.4, -0.2) is 26.7 Å². The van der Waals surface area contributed by atoms with Crippen molar-refractivity contribution in [2.75, 3.05) is 11.5 Å². The van der Waals surface area contributed by atoms with Crippen molar-refractivity contribution in [2.24, 2.45) is 5.73 Å². The Kier molecular flexibility index (Phi) is 5.50. The van der Waals surface area contributed by atoms with Gasteiger partial charge >= 0.3 is 0 Å². The SMILES string of the molecule is CCC(N)CS(=O)CCc1ccccn1. The Labute approximate surface area is 93.6 Å². The third-order valence-electron chi connectivity index (χ3n) is 2.24. The van der Waals surface area contributed by atoms with Crippen molar-refractivity contribution < 1.29 is 4.21 Å². The van der Waals surface area contributed by atoms with E-state index in [-0.39, 0.29) is 6.04 Å². The molecule has 4 heteroatoms. The van der Waals surface area contributed by atoms with Gasteiger partial charge in [-0.2, -0.15) is 0 Å².